The molecule has 1 fully saturated rings. The van der Waals surface area contributed by atoms with E-state index in [9.17, 15) is 13.2 Å². The fourth-order valence-corrected chi connectivity index (χ4v) is 6.68. The Hall–Kier alpha value is -1.01. The highest BCUT2D eigenvalue weighted by Crippen LogP contribution is 2.28. The molecule has 0 spiro atoms. The SMILES string of the molecule is C[C@H](CC(C)(C)c1ccccc1)NC(=O)CS[C@@H]1CCS(=O)(=O)C1. The van der Waals surface area contributed by atoms with Crippen LogP contribution in [0, 0.1) is 0 Å². The van der Waals surface area contributed by atoms with Gasteiger partial charge in [-0.25, -0.2) is 8.42 Å². The van der Waals surface area contributed by atoms with Crippen LogP contribution in [0.15, 0.2) is 30.3 Å². The summed E-state index contributed by atoms with van der Waals surface area (Å²) in [4.78, 5) is 12.1. The third-order valence-electron chi connectivity index (χ3n) is 4.42. The molecule has 1 heterocycles. The number of carbonyl (C=O) groups is 1. The quantitative estimate of drug-likeness (QED) is 0.803. The lowest BCUT2D eigenvalue weighted by Crippen LogP contribution is -2.38. The first-order valence-corrected chi connectivity index (χ1v) is 11.2. The lowest BCUT2D eigenvalue weighted by Gasteiger charge is -2.29. The molecule has 2 atom stereocenters. The number of hydrogen-bond acceptors (Lipinski definition) is 4. The molecular formula is C18H27NO3S2. The van der Waals surface area contributed by atoms with Crippen molar-refractivity contribution in [1.82, 2.24) is 5.32 Å². The maximum Gasteiger partial charge on any atom is 0.230 e. The van der Waals surface area contributed by atoms with Gasteiger partial charge < -0.3 is 5.32 Å². The first-order valence-electron chi connectivity index (χ1n) is 8.35. The second-order valence-corrected chi connectivity index (χ2v) is 10.8. The summed E-state index contributed by atoms with van der Waals surface area (Å²) in [6, 6.07) is 10.4. The molecule has 1 aliphatic heterocycles. The zero-order valence-corrected chi connectivity index (χ0v) is 16.3. The van der Waals surface area contributed by atoms with Crippen molar-refractivity contribution in [2.45, 2.75) is 50.3 Å². The molecule has 1 aromatic rings. The summed E-state index contributed by atoms with van der Waals surface area (Å²) in [6.07, 6.45) is 1.52. The topological polar surface area (TPSA) is 63.2 Å². The van der Waals surface area contributed by atoms with Crippen LogP contribution in [-0.4, -0.2) is 42.9 Å². The molecule has 0 aliphatic carbocycles. The predicted octanol–water partition coefficient (Wildman–Crippen LogP) is 2.78. The van der Waals surface area contributed by atoms with Crippen LogP contribution in [0.5, 0.6) is 0 Å². The minimum absolute atomic E-state index is 0.0133. The van der Waals surface area contributed by atoms with Crippen LogP contribution in [0.2, 0.25) is 0 Å². The molecule has 1 aromatic carbocycles. The van der Waals surface area contributed by atoms with Gasteiger partial charge >= 0.3 is 0 Å². The Morgan fingerprint density at radius 1 is 1.33 bits per heavy atom. The predicted molar refractivity (Wildman–Crippen MR) is 101 cm³/mol. The fraction of sp³-hybridized carbons (Fsp3) is 0.611. The van der Waals surface area contributed by atoms with E-state index < -0.39 is 9.84 Å². The van der Waals surface area contributed by atoms with Gasteiger partial charge in [-0.05, 0) is 30.7 Å². The van der Waals surface area contributed by atoms with Crippen molar-refractivity contribution in [2.24, 2.45) is 0 Å². The summed E-state index contributed by atoms with van der Waals surface area (Å²) in [6.45, 7) is 6.39. The summed E-state index contributed by atoms with van der Waals surface area (Å²) in [5.41, 5.74) is 1.25. The summed E-state index contributed by atoms with van der Waals surface area (Å²) in [5.74, 6) is 0.784. The zero-order chi connectivity index (χ0) is 17.8. The van der Waals surface area contributed by atoms with Crippen molar-refractivity contribution in [3.05, 3.63) is 35.9 Å². The van der Waals surface area contributed by atoms with Gasteiger partial charge in [-0.15, -0.1) is 11.8 Å². The van der Waals surface area contributed by atoms with Crippen LogP contribution >= 0.6 is 11.8 Å². The largest absolute Gasteiger partial charge is 0.353 e. The molecule has 1 saturated heterocycles. The number of amides is 1. The van der Waals surface area contributed by atoms with Crippen LogP contribution in [0.1, 0.15) is 39.2 Å². The number of carbonyl (C=O) groups excluding carboxylic acids is 1. The highest BCUT2D eigenvalue weighted by molar-refractivity contribution is 8.02. The first kappa shape index (κ1) is 19.3. The molecule has 4 nitrogen and oxygen atoms in total. The van der Waals surface area contributed by atoms with E-state index >= 15 is 0 Å². The van der Waals surface area contributed by atoms with Gasteiger partial charge in [-0.1, -0.05) is 44.2 Å². The highest BCUT2D eigenvalue weighted by Gasteiger charge is 2.29. The van der Waals surface area contributed by atoms with Gasteiger partial charge in [0.25, 0.3) is 0 Å². The van der Waals surface area contributed by atoms with E-state index in [0.29, 0.717) is 12.2 Å². The third kappa shape index (κ3) is 5.81. The molecule has 1 amide bonds. The zero-order valence-electron chi connectivity index (χ0n) is 14.6. The lowest BCUT2D eigenvalue weighted by atomic mass is 9.79. The highest BCUT2D eigenvalue weighted by atomic mass is 32.2. The second kappa shape index (κ2) is 7.91. The number of thioether (sulfide) groups is 1. The standard InChI is InChI=1S/C18H27NO3S2/c1-14(11-18(2,3)15-7-5-4-6-8-15)19-17(20)12-23-16-9-10-24(21,22)13-16/h4-8,14,16H,9-13H2,1-3H3,(H,19,20)/t14-,16-/m1/s1. The number of rotatable bonds is 7. The molecule has 6 heteroatoms. The third-order valence-corrected chi connectivity index (χ3v) is 7.70. The van der Waals surface area contributed by atoms with Crippen LogP contribution in [-0.2, 0) is 20.0 Å². The number of hydrogen-bond donors (Lipinski definition) is 1. The smallest absolute Gasteiger partial charge is 0.230 e. The van der Waals surface area contributed by atoms with Gasteiger partial charge in [-0.3, -0.25) is 4.79 Å². The van der Waals surface area contributed by atoms with E-state index in [0.717, 1.165) is 6.42 Å². The minimum Gasteiger partial charge on any atom is -0.353 e. The average Bonchev–Trinajstić information content (AvgIpc) is 2.85. The van der Waals surface area contributed by atoms with Crippen molar-refractivity contribution >= 4 is 27.5 Å². The Morgan fingerprint density at radius 2 is 2.00 bits per heavy atom. The van der Waals surface area contributed by atoms with Crippen molar-refractivity contribution in [1.29, 1.82) is 0 Å². The van der Waals surface area contributed by atoms with Gasteiger partial charge in [0.2, 0.25) is 5.91 Å². The van der Waals surface area contributed by atoms with Crippen molar-refractivity contribution in [3.63, 3.8) is 0 Å². The molecule has 1 aliphatic rings. The summed E-state index contributed by atoms with van der Waals surface area (Å²) in [7, 11) is -2.87. The van der Waals surface area contributed by atoms with E-state index in [4.69, 9.17) is 0 Å². The summed E-state index contributed by atoms with van der Waals surface area (Å²) < 4.78 is 22.9. The second-order valence-electron chi connectivity index (χ2n) is 7.26. The normalized spacial score (nSPS) is 21.4. The average molecular weight is 370 g/mol. The van der Waals surface area contributed by atoms with Crippen LogP contribution in [0.25, 0.3) is 0 Å². The molecule has 0 radical (unpaired) electrons. The van der Waals surface area contributed by atoms with E-state index in [1.807, 2.05) is 25.1 Å². The summed E-state index contributed by atoms with van der Waals surface area (Å²) >= 11 is 1.46. The van der Waals surface area contributed by atoms with E-state index in [1.54, 1.807) is 0 Å². The van der Waals surface area contributed by atoms with Crippen molar-refractivity contribution in [3.8, 4) is 0 Å². The van der Waals surface area contributed by atoms with Crippen LogP contribution in [0.4, 0.5) is 0 Å². The van der Waals surface area contributed by atoms with Gasteiger partial charge in [0.05, 0.1) is 17.3 Å². The van der Waals surface area contributed by atoms with Crippen LogP contribution in [0.3, 0.4) is 0 Å². The van der Waals surface area contributed by atoms with Crippen LogP contribution < -0.4 is 5.32 Å². The lowest BCUT2D eigenvalue weighted by molar-refractivity contribution is -0.119. The van der Waals surface area contributed by atoms with Gasteiger partial charge in [-0.2, -0.15) is 0 Å². The number of sulfone groups is 1. The van der Waals surface area contributed by atoms with Gasteiger partial charge in [0.15, 0.2) is 9.84 Å². The molecule has 0 unspecified atom stereocenters. The summed E-state index contributed by atoms with van der Waals surface area (Å²) in [5, 5.41) is 3.11. The minimum atomic E-state index is -2.87. The Morgan fingerprint density at radius 3 is 2.58 bits per heavy atom. The molecule has 0 saturated carbocycles. The molecule has 1 N–H and O–H groups in total. The maximum atomic E-state index is 12.1. The van der Waals surface area contributed by atoms with E-state index in [-0.39, 0.29) is 34.1 Å². The molecule has 2 rings (SSSR count). The Kier molecular flexibility index (Phi) is 6.37. The molecule has 24 heavy (non-hydrogen) atoms. The van der Waals surface area contributed by atoms with Gasteiger partial charge in [0, 0.05) is 11.3 Å². The first-order chi connectivity index (χ1) is 11.2. The molecular weight excluding hydrogens is 342 g/mol. The number of nitrogens with one attached hydrogen (secondary N) is 1. The van der Waals surface area contributed by atoms with Crippen molar-refractivity contribution < 1.29 is 13.2 Å². The van der Waals surface area contributed by atoms with Gasteiger partial charge in [0.1, 0.15) is 0 Å². The fourth-order valence-electron chi connectivity index (χ4n) is 3.23. The molecule has 0 bridgehead atoms. The molecule has 134 valence electrons. The number of benzene rings is 1. The van der Waals surface area contributed by atoms with E-state index in [2.05, 4.69) is 31.3 Å². The Balaban J connectivity index is 1.77. The van der Waals surface area contributed by atoms with E-state index in [1.165, 1.54) is 17.3 Å². The Labute approximate surface area is 149 Å². The maximum absolute atomic E-state index is 12.1. The van der Waals surface area contributed by atoms with Crippen molar-refractivity contribution in [2.75, 3.05) is 17.3 Å². The monoisotopic (exact) mass is 369 g/mol. The molecule has 0 aromatic heterocycles. The Bertz CT molecular complexity index is 656.